The van der Waals surface area contributed by atoms with E-state index in [1.807, 2.05) is 6.20 Å². The molecular weight excluding hydrogens is 635 g/mol. The van der Waals surface area contributed by atoms with Crippen molar-refractivity contribution in [1.29, 1.82) is 0 Å². The van der Waals surface area contributed by atoms with Gasteiger partial charge in [0.15, 0.2) is 5.78 Å². The predicted octanol–water partition coefficient (Wildman–Crippen LogP) is 8.82. The fourth-order valence-corrected chi connectivity index (χ4v) is 5.07. The molecule has 2 saturated carbocycles. The molecule has 199 valence electrons. The standard InChI is InChI=1S/C20H20N.C13H20O2.Ir/c1-13(2)16-5-6-19-17(12-16)7-8-21-20(19)18-10-14(3)9-15(4)11-18;14-12(7-10-3-1-4-10)9-13(15)8-11-5-2-6-11;/h5-10,12-13H,1-4H3;9-11,14H,1-8H2;/q-1;;/b;12-9-;. The van der Waals surface area contributed by atoms with Crippen LogP contribution in [-0.4, -0.2) is 15.9 Å². The largest absolute Gasteiger partial charge is 0.512 e. The summed E-state index contributed by atoms with van der Waals surface area (Å²) < 4.78 is 0. The van der Waals surface area contributed by atoms with E-state index in [2.05, 4.69) is 75.1 Å². The zero-order valence-electron chi connectivity index (χ0n) is 22.6. The normalized spacial score (nSPS) is 15.9. The molecule has 0 atom stereocenters. The maximum Gasteiger partial charge on any atom is 0.159 e. The third-order valence-electron chi connectivity index (χ3n) is 7.62. The van der Waals surface area contributed by atoms with Gasteiger partial charge in [0.1, 0.15) is 0 Å². The Labute approximate surface area is 236 Å². The van der Waals surface area contributed by atoms with Gasteiger partial charge in [0.25, 0.3) is 0 Å². The van der Waals surface area contributed by atoms with E-state index in [1.54, 1.807) is 0 Å². The van der Waals surface area contributed by atoms with Crippen LogP contribution in [0, 0.1) is 31.7 Å². The summed E-state index contributed by atoms with van der Waals surface area (Å²) in [5.41, 5.74) is 5.87. The first-order valence-electron chi connectivity index (χ1n) is 13.6. The zero-order valence-corrected chi connectivity index (χ0v) is 25.0. The van der Waals surface area contributed by atoms with Gasteiger partial charge >= 0.3 is 0 Å². The third-order valence-corrected chi connectivity index (χ3v) is 7.62. The molecule has 1 aromatic heterocycles. The van der Waals surface area contributed by atoms with Crippen molar-refractivity contribution in [3.63, 3.8) is 0 Å². The summed E-state index contributed by atoms with van der Waals surface area (Å²) in [5, 5.41) is 12.0. The number of fused-ring (bicyclic) bond motifs is 1. The van der Waals surface area contributed by atoms with Crippen LogP contribution in [0.1, 0.15) is 87.8 Å². The monoisotopic (exact) mass is 675 g/mol. The van der Waals surface area contributed by atoms with Crippen molar-refractivity contribution in [1.82, 2.24) is 4.98 Å². The molecule has 37 heavy (non-hydrogen) atoms. The van der Waals surface area contributed by atoms with Gasteiger partial charge in [0, 0.05) is 45.2 Å². The van der Waals surface area contributed by atoms with E-state index >= 15 is 0 Å². The molecule has 0 amide bonds. The van der Waals surface area contributed by atoms with Crippen LogP contribution in [-0.2, 0) is 24.9 Å². The first-order valence-corrected chi connectivity index (χ1v) is 13.6. The van der Waals surface area contributed by atoms with E-state index in [-0.39, 0.29) is 25.9 Å². The molecule has 0 aliphatic heterocycles. The fourth-order valence-electron chi connectivity index (χ4n) is 5.07. The molecule has 2 aliphatic rings. The average molecular weight is 675 g/mol. The Morgan fingerprint density at radius 1 is 1.03 bits per heavy atom. The quantitative estimate of drug-likeness (QED) is 0.155. The molecular formula is C33H40IrNO2-. The summed E-state index contributed by atoms with van der Waals surface area (Å²) in [5.74, 6) is 2.21. The number of carbonyl (C=O) groups is 1. The number of aromatic nitrogens is 1. The van der Waals surface area contributed by atoms with Gasteiger partial charge < -0.3 is 10.1 Å². The van der Waals surface area contributed by atoms with Gasteiger partial charge in [-0.15, -0.1) is 34.9 Å². The van der Waals surface area contributed by atoms with E-state index in [1.165, 1.54) is 66.5 Å². The van der Waals surface area contributed by atoms with Gasteiger partial charge in [-0.05, 0) is 45.8 Å². The van der Waals surface area contributed by atoms with Crippen LogP contribution in [0.25, 0.3) is 22.0 Å². The number of rotatable bonds is 7. The molecule has 1 N–H and O–H groups in total. The summed E-state index contributed by atoms with van der Waals surface area (Å²) in [6.07, 6.45) is 12.1. The van der Waals surface area contributed by atoms with Crippen molar-refractivity contribution >= 4 is 16.6 Å². The van der Waals surface area contributed by atoms with Crippen molar-refractivity contribution in [3.8, 4) is 11.3 Å². The number of aliphatic hydroxyl groups is 1. The second-order valence-corrected chi connectivity index (χ2v) is 11.2. The zero-order chi connectivity index (χ0) is 25.7. The summed E-state index contributed by atoms with van der Waals surface area (Å²) in [6, 6.07) is 16.5. The van der Waals surface area contributed by atoms with Crippen LogP contribution in [0.5, 0.6) is 0 Å². The van der Waals surface area contributed by atoms with Crippen molar-refractivity contribution < 1.29 is 30.0 Å². The van der Waals surface area contributed by atoms with Crippen molar-refractivity contribution in [2.45, 2.75) is 85.0 Å². The van der Waals surface area contributed by atoms with Gasteiger partial charge in [-0.3, -0.25) is 4.79 Å². The topological polar surface area (TPSA) is 50.2 Å². The average Bonchev–Trinajstić information content (AvgIpc) is 2.78. The Hall–Kier alpha value is -2.29. The van der Waals surface area contributed by atoms with Crippen LogP contribution >= 0.6 is 0 Å². The Balaban J connectivity index is 0.000000211. The smallest absolute Gasteiger partial charge is 0.159 e. The Morgan fingerprint density at radius 3 is 2.30 bits per heavy atom. The number of nitrogens with zero attached hydrogens (tertiary/aromatic N) is 1. The van der Waals surface area contributed by atoms with Crippen LogP contribution in [0.4, 0.5) is 0 Å². The van der Waals surface area contributed by atoms with Crippen molar-refractivity contribution in [3.05, 3.63) is 77.2 Å². The number of pyridine rings is 1. The summed E-state index contributed by atoms with van der Waals surface area (Å²) >= 11 is 0. The Kier molecular flexibility index (Phi) is 10.7. The van der Waals surface area contributed by atoms with Gasteiger partial charge in [0.05, 0.1) is 5.76 Å². The molecule has 0 bridgehead atoms. The number of allylic oxidation sites excluding steroid dienone is 2. The molecule has 2 fully saturated rings. The Bertz CT molecular complexity index is 1220. The maximum atomic E-state index is 11.5. The molecule has 5 rings (SSSR count). The van der Waals surface area contributed by atoms with E-state index < -0.39 is 0 Å². The minimum Gasteiger partial charge on any atom is -0.512 e. The van der Waals surface area contributed by atoms with Gasteiger partial charge in [0.2, 0.25) is 0 Å². The molecule has 4 heteroatoms. The molecule has 2 aromatic carbocycles. The second kappa shape index (κ2) is 13.5. The first kappa shape index (κ1) is 29.3. The first-order chi connectivity index (χ1) is 17.3. The van der Waals surface area contributed by atoms with Crippen molar-refractivity contribution in [2.75, 3.05) is 0 Å². The number of ketones is 1. The molecule has 3 nitrogen and oxygen atoms in total. The minimum absolute atomic E-state index is 0. The maximum absolute atomic E-state index is 11.5. The van der Waals surface area contributed by atoms with Crippen LogP contribution < -0.4 is 0 Å². The number of hydrogen-bond acceptors (Lipinski definition) is 3. The number of hydrogen-bond donors (Lipinski definition) is 1. The summed E-state index contributed by atoms with van der Waals surface area (Å²) in [4.78, 5) is 16.1. The third kappa shape index (κ3) is 8.09. The van der Waals surface area contributed by atoms with Crippen LogP contribution in [0.3, 0.4) is 0 Å². The van der Waals surface area contributed by atoms with Crippen LogP contribution in [0.2, 0.25) is 0 Å². The summed E-state index contributed by atoms with van der Waals surface area (Å²) in [6.45, 7) is 8.65. The fraction of sp³-hybridized carbons (Fsp3) is 0.455. The summed E-state index contributed by atoms with van der Waals surface area (Å²) in [7, 11) is 0. The van der Waals surface area contributed by atoms with Gasteiger partial charge in [-0.25, -0.2) is 0 Å². The molecule has 1 heterocycles. The molecule has 0 unspecified atom stereocenters. The Morgan fingerprint density at radius 2 is 1.70 bits per heavy atom. The van der Waals surface area contributed by atoms with Gasteiger partial charge in [-0.1, -0.05) is 84.4 Å². The van der Waals surface area contributed by atoms with Crippen LogP contribution in [0.15, 0.2) is 54.4 Å². The number of benzene rings is 2. The molecule has 0 saturated heterocycles. The molecule has 2 aliphatic carbocycles. The van der Waals surface area contributed by atoms with Gasteiger partial charge in [-0.2, -0.15) is 0 Å². The van der Waals surface area contributed by atoms with E-state index in [4.69, 9.17) is 0 Å². The molecule has 1 radical (unpaired) electrons. The molecule has 0 spiro atoms. The SMILES string of the molecule is Cc1[c-]c(-c2nccc3cc(C(C)C)ccc23)cc(C)c1.O=C(/C=C(\O)CC1CCC1)CC1CCC1.[Ir]. The second-order valence-electron chi connectivity index (χ2n) is 11.2. The van der Waals surface area contributed by atoms with E-state index in [0.29, 0.717) is 29.9 Å². The molecule has 3 aromatic rings. The number of aryl methyl sites for hydroxylation is 2. The minimum atomic E-state index is 0. The van der Waals surface area contributed by atoms with E-state index in [0.717, 1.165) is 23.2 Å². The number of aliphatic hydroxyl groups excluding tert-OH is 1. The van der Waals surface area contributed by atoms with Crippen molar-refractivity contribution in [2.24, 2.45) is 11.8 Å². The number of carbonyl (C=O) groups excluding carboxylic acids is 1. The predicted molar refractivity (Wildman–Crippen MR) is 149 cm³/mol. The van der Waals surface area contributed by atoms with E-state index in [9.17, 15) is 9.90 Å².